The first-order chi connectivity index (χ1) is 9.85. The number of carbonyl (C=O) groups is 1. The number of hydrogen-bond donors (Lipinski definition) is 1. The first-order valence-electron chi connectivity index (χ1n) is 7.28. The lowest BCUT2D eigenvalue weighted by Crippen LogP contribution is -2.68. The van der Waals surface area contributed by atoms with Gasteiger partial charge in [-0.15, -0.1) is 0 Å². The number of carbonyl (C=O) groups excluding carboxylic acids is 1. The van der Waals surface area contributed by atoms with Gasteiger partial charge in [0, 0.05) is 31.2 Å². The standard InChI is InChI=1S/C17H25NO3/c1-16(2)14(10-17(16,3)21-5)18-15(19)13-9-7-6-8-12(13)11-20-4/h6-9,14H,10-11H2,1-5H3,(H,18,19)/t14-,17+/m0/s1. The number of hydrogen-bond acceptors (Lipinski definition) is 3. The zero-order valence-corrected chi connectivity index (χ0v) is 13.5. The molecule has 0 unspecified atom stereocenters. The smallest absolute Gasteiger partial charge is 0.251 e. The second-order valence-electron chi connectivity index (χ2n) is 6.48. The van der Waals surface area contributed by atoms with Gasteiger partial charge in [-0.3, -0.25) is 4.79 Å². The highest BCUT2D eigenvalue weighted by atomic mass is 16.5. The monoisotopic (exact) mass is 291 g/mol. The second-order valence-corrected chi connectivity index (χ2v) is 6.48. The quantitative estimate of drug-likeness (QED) is 0.907. The van der Waals surface area contributed by atoms with Gasteiger partial charge >= 0.3 is 0 Å². The molecule has 116 valence electrons. The summed E-state index contributed by atoms with van der Waals surface area (Å²) in [5.41, 5.74) is 1.32. The van der Waals surface area contributed by atoms with Gasteiger partial charge in [-0.25, -0.2) is 0 Å². The normalized spacial score (nSPS) is 27.0. The summed E-state index contributed by atoms with van der Waals surface area (Å²) in [5.74, 6) is -0.0427. The van der Waals surface area contributed by atoms with Crippen LogP contribution in [0, 0.1) is 5.41 Å². The maximum absolute atomic E-state index is 12.5. The number of nitrogens with one attached hydrogen (secondary N) is 1. The van der Waals surface area contributed by atoms with Gasteiger partial charge in [-0.2, -0.15) is 0 Å². The summed E-state index contributed by atoms with van der Waals surface area (Å²) < 4.78 is 10.8. The van der Waals surface area contributed by atoms with Crippen molar-refractivity contribution in [2.75, 3.05) is 14.2 Å². The van der Waals surface area contributed by atoms with Crippen molar-refractivity contribution in [3.8, 4) is 0 Å². The minimum Gasteiger partial charge on any atom is -0.380 e. The van der Waals surface area contributed by atoms with Crippen LogP contribution < -0.4 is 5.32 Å². The highest BCUT2D eigenvalue weighted by Crippen LogP contribution is 2.51. The van der Waals surface area contributed by atoms with Gasteiger partial charge in [0.2, 0.25) is 0 Å². The molecule has 4 heteroatoms. The Kier molecular flexibility index (Phi) is 4.40. The summed E-state index contributed by atoms with van der Waals surface area (Å²) in [6, 6.07) is 7.67. The van der Waals surface area contributed by atoms with E-state index in [9.17, 15) is 4.79 Å². The van der Waals surface area contributed by atoms with Crippen molar-refractivity contribution in [3.63, 3.8) is 0 Å². The Morgan fingerprint density at radius 2 is 1.95 bits per heavy atom. The molecule has 0 spiro atoms. The molecule has 1 amide bonds. The van der Waals surface area contributed by atoms with E-state index in [0.29, 0.717) is 12.2 Å². The van der Waals surface area contributed by atoms with Crippen LogP contribution in [0.25, 0.3) is 0 Å². The lowest BCUT2D eigenvalue weighted by atomic mass is 9.56. The molecule has 2 atom stereocenters. The summed E-state index contributed by atoms with van der Waals surface area (Å²) in [6.45, 7) is 6.79. The fraction of sp³-hybridized carbons (Fsp3) is 0.588. The molecule has 0 aliphatic heterocycles. The second kappa shape index (κ2) is 5.78. The van der Waals surface area contributed by atoms with Gasteiger partial charge in [0.1, 0.15) is 0 Å². The Morgan fingerprint density at radius 1 is 1.29 bits per heavy atom. The predicted octanol–water partition coefficient (Wildman–Crippen LogP) is 2.77. The Morgan fingerprint density at radius 3 is 2.52 bits per heavy atom. The van der Waals surface area contributed by atoms with Crippen LogP contribution in [0.1, 0.15) is 43.1 Å². The number of benzene rings is 1. The van der Waals surface area contributed by atoms with E-state index in [-0.39, 0.29) is 23.0 Å². The van der Waals surface area contributed by atoms with Crippen LogP contribution in [-0.2, 0) is 16.1 Å². The van der Waals surface area contributed by atoms with Crippen LogP contribution in [0.15, 0.2) is 24.3 Å². The highest BCUT2D eigenvalue weighted by Gasteiger charge is 2.58. The number of amides is 1. The van der Waals surface area contributed by atoms with Crippen LogP contribution >= 0.6 is 0 Å². The zero-order valence-electron chi connectivity index (χ0n) is 13.5. The molecule has 0 radical (unpaired) electrons. The van der Waals surface area contributed by atoms with Gasteiger partial charge < -0.3 is 14.8 Å². The van der Waals surface area contributed by atoms with Crippen molar-refractivity contribution in [3.05, 3.63) is 35.4 Å². The lowest BCUT2D eigenvalue weighted by Gasteiger charge is -2.59. The third-order valence-corrected chi connectivity index (χ3v) is 5.15. The fourth-order valence-electron chi connectivity index (χ4n) is 2.98. The first kappa shape index (κ1) is 16.0. The Hall–Kier alpha value is -1.39. The van der Waals surface area contributed by atoms with Crippen molar-refractivity contribution in [2.24, 2.45) is 5.41 Å². The van der Waals surface area contributed by atoms with Gasteiger partial charge in [0.15, 0.2) is 0 Å². The maximum Gasteiger partial charge on any atom is 0.251 e. The zero-order chi connectivity index (χ0) is 15.7. The minimum atomic E-state index is -0.184. The minimum absolute atomic E-state index is 0.0427. The summed E-state index contributed by atoms with van der Waals surface area (Å²) in [7, 11) is 3.36. The molecule has 0 heterocycles. The van der Waals surface area contributed by atoms with E-state index in [1.54, 1.807) is 14.2 Å². The molecule has 0 bridgehead atoms. The SMILES string of the molecule is COCc1ccccc1C(=O)N[C@H]1C[C@@](C)(OC)C1(C)C. The third kappa shape index (κ3) is 2.70. The molecule has 1 saturated carbocycles. The molecule has 1 aromatic carbocycles. The lowest BCUT2D eigenvalue weighted by molar-refractivity contribution is -0.177. The summed E-state index contributed by atoms with van der Waals surface area (Å²) in [4.78, 5) is 12.5. The fourth-order valence-corrected chi connectivity index (χ4v) is 2.98. The average molecular weight is 291 g/mol. The molecule has 1 N–H and O–H groups in total. The molecule has 1 aromatic rings. The van der Waals surface area contributed by atoms with E-state index in [4.69, 9.17) is 9.47 Å². The number of rotatable bonds is 5. The number of methoxy groups -OCH3 is 2. The van der Waals surface area contributed by atoms with E-state index in [2.05, 4.69) is 26.1 Å². The van der Waals surface area contributed by atoms with E-state index in [1.807, 2.05) is 24.3 Å². The van der Waals surface area contributed by atoms with Crippen LogP contribution in [0.4, 0.5) is 0 Å². The van der Waals surface area contributed by atoms with E-state index >= 15 is 0 Å². The Labute approximate surface area is 126 Å². The largest absolute Gasteiger partial charge is 0.380 e. The average Bonchev–Trinajstić information content (AvgIpc) is 2.47. The molecule has 1 fully saturated rings. The van der Waals surface area contributed by atoms with Crippen LogP contribution in [0.2, 0.25) is 0 Å². The first-order valence-corrected chi connectivity index (χ1v) is 7.28. The van der Waals surface area contributed by atoms with Crippen molar-refractivity contribution < 1.29 is 14.3 Å². The van der Waals surface area contributed by atoms with Gasteiger partial charge in [0.25, 0.3) is 5.91 Å². The van der Waals surface area contributed by atoms with Gasteiger partial charge in [-0.05, 0) is 25.0 Å². The summed E-state index contributed by atoms with van der Waals surface area (Å²) in [6.07, 6.45) is 0.828. The molecular weight excluding hydrogens is 266 g/mol. The Bertz CT molecular complexity index is 527. The van der Waals surface area contributed by atoms with Crippen molar-refractivity contribution in [2.45, 2.75) is 45.4 Å². The molecular formula is C17H25NO3. The van der Waals surface area contributed by atoms with Crippen molar-refractivity contribution in [1.29, 1.82) is 0 Å². The van der Waals surface area contributed by atoms with E-state index < -0.39 is 0 Å². The van der Waals surface area contributed by atoms with Gasteiger partial charge in [-0.1, -0.05) is 32.0 Å². The molecule has 1 aliphatic carbocycles. The molecule has 0 saturated heterocycles. The molecule has 0 aromatic heterocycles. The molecule has 21 heavy (non-hydrogen) atoms. The molecule has 2 rings (SSSR count). The predicted molar refractivity (Wildman–Crippen MR) is 82.2 cm³/mol. The maximum atomic E-state index is 12.5. The Balaban J connectivity index is 2.10. The molecule has 1 aliphatic rings. The third-order valence-electron chi connectivity index (χ3n) is 5.15. The van der Waals surface area contributed by atoms with E-state index in [1.165, 1.54) is 0 Å². The van der Waals surface area contributed by atoms with Crippen molar-refractivity contribution >= 4 is 5.91 Å². The number of ether oxygens (including phenoxy) is 2. The highest BCUT2D eigenvalue weighted by molar-refractivity contribution is 5.96. The molecule has 4 nitrogen and oxygen atoms in total. The van der Waals surface area contributed by atoms with Crippen LogP contribution in [0.3, 0.4) is 0 Å². The van der Waals surface area contributed by atoms with Crippen molar-refractivity contribution in [1.82, 2.24) is 5.32 Å². The van der Waals surface area contributed by atoms with Crippen LogP contribution in [0.5, 0.6) is 0 Å². The van der Waals surface area contributed by atoms with E-state index in [0.717, 1.165) is 12.0 Å². The topological polar surface area (TPSA) is 47.6 Å². The summed E-state index contributed by atoms with van der Waals surface area (Å²) >= 11 is 0. The van der Waals surface area contributed by atoms with Crippen LogP contribution in [-0.4, -0.2) is 31.8 Å². The van der Waals surface area contributed by atoms with Gasteiger partial charge in [0.05, 0.1) is 12.2 Å². The summed E-state index contributed by atoms with van der Waals surface area (Å²) in [5, 5.41) is 3.14.